The van der Waals surface area contributed by atoms with E-state index in [0.29, 0.717) is 4.90 Å². The van der Waals surface area contributed by atoms with Gasteiger partial charge < -0.3 is 5.32 Å². The second-order valence-corrected chi connectivity index (χ2v) is 8.70. The van der Waals surface area contributed by atoms with Crippen LogP contribution in [0.15, 0.2) is 29.2 Å². The molecule has 21 heavy (non-hydrogen) atoms. The highest BCUT2D eigenvalue weighted by molar-refractivity contribution is 7.91. The van der Waals surface area contributed by atoms with Gasteiger partial charge in [-0.15, -0.1) is 11.3 Å². The zero-order valence-corrected chi connectivity index (χ0v) is 13.1. The first-order valence-electron chi connectivity index (χ1n) is 7.20. The number of sulfone groups is 1. The van der Waals surface area contributed by atoms with Crippen molar-refractivity contribution in [1.82, 2.24) is 4.98 Å². The highest BCUT2D eigenvalue weighted by atomic mass is 32.2. The molecule has 0 spiro atoms. The van der Waals surface area contributed by atoms with E-state index < -0.39 is 9.84 Å². The zero-order chi connectivity index (χ0) is 14.4. The highest BCUT2D eigenvalue weighted by Gasteiger charge is 2.34. The minimum atomic E-state index is -3.16. The lowest BCUT2D eigenvalue weighted by Crippen LogP contribution is -2.12. The summed E-state index contributed by atoms with van der Waals surface area (Å²) >= 11 is 1.68. The topological polar surface area (TPSA) is 59.1 Å². The Hall–Kier alpha value is -1.40. The number of benzene rings is 1. The first-order chi connectivity index (χ1) is 10.1. The molecule has 1 aliphatic carbocycles. The van der Waals surface area contributed by atoms with E-state index in [1.54, 1.807) is 23.5 Å². The van der Waals surface area contributed by atoms with Crippen molar-refractivity contribution in [1.29, 1.82) is 0 Å². The van der Waals surface area contributed by atoms with E-state index in [-0.39, 0.29) is 11.8 Å². The van der Waals surface area contributed by atoms with E-state index in [0.717, 1.165) is 23.5 Å². The number of aryl methyl sites for hydroxylation is 2. The van der Waals surface area contributed by atoms with Gasteiger partial charge in [-0.3, -0.25) is 0 Å². The lowest BCUT2D eigenvalue weighted by Gasteiger charge is -2.10. The predicted octanol–water partition coefficient (Wildman–Crippen LogP) is 2.96. The summed E-state index contributed by atoms with van der Waals surface area (Å²) in [5, 5.41) is 4.20. The fraction of sp³-hybridized carbons (Fsp3) is 0.400. The molecule has 1 aromatic carbocycles. The fourth-order valence-corrected chi connectivity index (χ4v) is 5.97. The number of anilines is 1. The van der Waals surface area contributed by atoms with Gasteiger partial charge in [-0.1, -0.05) is 18.2 Å². The van der Waals surface area contributed by atoms with Crippen LogP contribution >= 0.6 is 11.3 Å². The number of fused-ring (bicyclic) bond motifs is 2. The fourth-order valence-electron chi connectivity index (χ4n) is 3.13. The largest absolute Gasteiger partial charge is 0.354 e. The highest BCUT2D eigenvalue weighted by Crippen LogP contribution is 2.37. The number of rotatable bonds is 2. The van der Waals surface area contributed by atoms with Gasteiger partial charge in [0.15, 0.2) is 15.0 Å². The Labute approximate surface area is 128 Å². The van der Waals surface area contributed by atoms with Crippen LogP contribution in [0.25, 0.3) is 0 Å². The third kappa shape index (κ3) is 2.26. The molecule has 1 unspecified atom stereocenters. The van der Waals surface area contributed by atoms with Crippen LogP contribution in [-0.2, 0) is 22.7 Å². The Kier molecular flexibility index (Phi) is 3.04. The molecule has 0 saturated heterocycles. The first-order valence-corrected chi connectivity index (χ1v) is 9.67. The number of thiazole rings is 1. The van der Waals surface area contributed by atoms with Crippen molar-refractivity contribution in [2.24, 2.45) is 0 Å². The Bertz CT molecular complexity index is 772. The molecule has 0 fully saturated rings. The van der Waals surface area contributed by atoms with Crippen LogP contribution in [0.1, 0.15) is 35.0 Å². The molecule has 110 valence electrons. The van der Waals surface area contributed by atoms with E-state index in [1.807, 2.05) is 12.1 Å². The third-order valence-corrected chi connectivity index (χ3v) is 7.06. The van der Waals surface area contributed by atoms with E-state index in [4.69, 9.17) is 0 Å². The van der Waals surface area contributed by atoms with Gasteiger partial charge in [0.05, 0.1) is 22.4 Å². The van der Waals surface area contributed by atoms with E-state index >= 15 is 0 Å². The first kappa shape index (κ1) is 13.3. The molecule has 4 rings (SSSR count). The van der Waals surface area contributed by atoms with Gasteiger partial charge in [0.2, 0.25) is 0 Å². The van der Waals surface area contributed by atoms with Crippen LogP contribution in [0.3, 0.4) is 0 Å². The standard InChI is InChI=1S/C15H16N2O2S2/c18-21(19)9-12(10-5-1-4-8-14(10)21)17-15-16-11-6-2-3-7-13(11)20-15/h1,4-5,8,12H,2-3,6-7,9H2,(H,16,17). The van der Waals surface area contributed by atoms with Crippen molar-refractivity contribution in [3.63, 3.8) is 0 Å². The molecule has 0 bridgehead atoms. The molecule has 1 aromatic heterocycles. The Morgan fingerprint density at radius 1 is 1.19 bits per heavy atom. The van der Waals surface area contributed by atoms with E-state index in [1.165, 1.54) is 23.4 Å². The van der Waals surface area contributed by atoms with Gasteiger partial charge in [0, 0.05) is 4.88 Å². The van der Waals surface area contributed by atoms with Crippen LogP contribution in [-0.4, -0.2) is 19.2 Å². The van der Waals surface area contributed by atoms with Gasteiger partial charge in [0.1, 0.15) is 0 Å². The summed E-state index contributed by atoms with van der Waals surface area (Å²) in [4.78, 5) is 6.47. The van der Waals surface area contributed by atoms with Crippen LogP contribution in [0.4, 0.5) is 5.13 Å². The smallest absolute Gasteiger partial charge is 0.183 e. The summed E-state index contributed by atoms with van der Waals surface area (Å²) in [6.07, 6.45) is 4.59. The Morgan fingerprint density at radius 2 is 2.00 bits per heavy atom. The minimum Gasteiger partial charge on any atom is -0.354 e. The summed E-state index contributed by atoms with van der Waals surface area (Å²) in [5.41, 5.74) is 2.06. The van der Waals surface area contributed by atoms with Crippen molar-refractivity contribution in [3.8, 4) is 0 Å². The number of hydrogen-bond acceptors (Lipinski definition) is 5. The maximum absolute atomic E-state index is 12.2. The number of nitrogens with one attached hydrogen (secondary N) is 1. The summed E-state index contributed by atoms with van der Waals surface area (Å²) in [5.74, 6) is 0.122. The summed E-state index contributed by atoms with van der Waals surface area (Å²) in [6.45, 7) is 0. The predicted molar refractivity (Wildman–Crippen MR) is 83.6 cm³/mol. The van der Waals surface area contributed by atoms with Crippen molar-refractivity contribution >= 4 is 26.3 Å². The van der Waals surface area contributed by atoms with Crippen molar-refractivity contribution in [2.75, 3.05) is 11.1 Å². The van der Waals surface area contributed by atoms with Gasteiger partial charge in [0.25, 0.3) is 0 Å². The molecule has 4 nitrogen and oxygen atoms in total. The summed E-state index contributed by atoms with van der Waals surface area (Å²) < 4.78 is 24.4. The van der Waals surface area contributed by atoms with Gasteiger partial charge in [-0.05, 0) is 37.3 Å². The molecule has 1 aliphatic heterocycles. The molecule has 0 amide bonds. The zero-order valence-electron chi connectivity index (χ0n) is 11.5. The minimum absolute atomic E-state index is 0.122. The van der Waals surface area contributed by atoms with E-state index in [2.05, 4.69) is 10.3 Å². The summed E-state index contributed by atoms with van der Waals surface area (Å²) in [6, 6.07) is 7.07. The molecule has 0 saturated carbocycles. The van der Waals surface area contributed by atoms with Crippen LogP contribution in [0, 0.1) is 0 Å². The maximum atomic E-state index is 12.2. The van der Waals surface area contributed by atoms with Gasteiger partial charge in [-0.2, -0.15) is 0 Å². The average molecular weight is 320 g/mol. The van der Waals surface area contributed by atoms with Gasteiger partial charge >= 0.3 is 0 Å². The third-order valence-electron chi connectivity index (χ3n) is 4.16. The molecule has 1 atom stereocenters. The molecular weight excluding hydrogens is 304 g/mol. The molecule has 2 aliphatic rings. The quantitative estimate of drug-likeness (QED) is 0.924. The number of aromatic nitrogens is 1. The van der Waals surface area contributed by atoms with Crippen molar-refractivity contribution in [2.45, 2.75) is 36.6 Å². The van der Waals surface area contributed by atoms with E-state index in [9.17, 15) is 8.42 Å². The molecule has 2 heterocycles. The van der Waals surface area contributed by atoms with Crippen molar-refractivity contribution < 1.29 is 8.42 Å². The van der Waals surface area contributed by atoms with Crippen LogP contribution in [0.2, 0.25) is 0 Å². The lowest BCUT2D eigenvalue weighted by molar-refractivity contribution is 0.598. The Morgan fingerprint density at radius 3 is 2.86 bits per heavy atom. The maximum Gasteiger partial charge on any atom is 0.183 e. The molecular formula is C15H16N2O2S2. The molecule has 0 radical (unpaired) electrons. The van der Waals surface area contributed by atoms with Gasteiger partial charge in [-0.25, -0.2) is 13.4 Å². The number of nitrogens with zero attached hydrogens (tertiary/aromatic N) is 1. The molecule has 6 heteroatoms. The van der Waals surface area contributed by atoms with Crippen LogP contribution in [0.5, 0.6) is 0 Å². The molecule has 2 aromatic rings. The summed E-state index contributed by atoms with van der Waals surface area (Å²) in [7, 11) is -3.16. The molecule has 1 N–H and O–H groups in total. The number of hydrogen-bond donors (Lipinski definition) is 1. The van der Waals surface area contributed by atoms with Crippen molar-refractivity contribution in [3.05, 3.63) is 40.4 Å². The second kappa shape index (κ2) is 4.81. The lowest BCUT2D eigenvalue weighted by atomic mass is 10.0. The average Bonchev–Trinajstić information content (AvgIpc) is 2.98. The normalized spacial score (nSPS) is 22.6. The van der Waals surface area contributed by atoms with Crippen LogP contribution < -0.4 is 5.32 Å². The Balaban J connectivity index is 1.65. The monoisotopic (exact) mass is 320 g/mol. The SMILES string of the molecule is O=S1(=O)CC(Nc2nc3c(s2)CCCC3)c2ccccc21. The second-order valence-electron chi connectivity index (χ2n) is 5.61.